The molecule has 88 valence electrons. The number of hydrogen-bond acceptors (Lipinski definition) is 3. The lowest BCUT2D eigenvalue weighted by Crippen LogP contribution is -1.87. The zero-order valence-corrected chi connectivity index (χ0v) is 12.1. The van der Waals surface area contributed by atoms with Gasteiger partial charge >= 0.3 is 0 Å². The molecule has 0 N–H and O–H groups in total. The lowest BCUT2D eigenvalue weighted by molar-refractivity contribution is 0.373. The minimum absolute atomic E-state index is 0.671. The number of thiazole rings is 1. The van der Waals surface area contributed by atoms with Crippen LogP contribution in [0.25, 0.3) is 11.8 Å². The van der Waals surface area contributed by atoms with Gasteiger partial charge in [0.1, 0.15) is 5.76 Å². The van der Waals surface area contributed by atoms with Gasteiger partial charge in [0.05, 0.1) is 17.0 Å². The molecule has 2 rings (SSSR count). The smallest absolute Gasteiger partial charge is 0.159 e. The molecule has 0 spiro atoms. The zero-order valence-electron chi connectivity index (χ0n) is 8.98. The molecule has 0 aliphatic rings. The van der Waals surface area contributed by atoms with E-state index in [9.17, 15) is 0 Å². The molecule has 1 aromatic carbocycles. The third-order valence-electron chi connectivity index (χ3n) is 2.13. The van der Waals surface area contributed by atoms with Gasteiger partial charge in [-0.2, -0.15) is 0 Å². The van der Waals surface area contributed by atoms with Crippen molar-refractivity contribution in [1.82, 2.24) is 4.98 Å². The summed E-state index contributed by atoms with van der Waals surface area (Å²) in [6, 6.07) is 7.58. The predicted octanol–water partition coefficient (Wildman–Crippen LogP) is 4.70. The first-order chi connectivity index (χ1) is 8.20. The topological polar surface area (TPSA) is 22.1 Å². The fourth-order valence-corrected chi connectivity index (χ4v) is 2.83. The van der Waals surface area contributed by atoms with Crippen molar-refractivity contribution in [3.05, 3.63) is 49.8 Å². The summed E-state index contributed by atoms with van der Waals surface area (Å²) in [6.45, 7) is 0. The van der Waals surface area contributed by atoms with E-state index in [0.717, 1.165) is 20.1 Å². The van der Waals surface area contributed by atoms with E-state index < -0.39 is 0 Å². The molecule has 0 unspecified atom stereocenters. The Morgan fingerprint density at radius 1 is 1.47 bits per heavy atom. The van der Waals surface area contributed by atoms with E-state index in [2.05, 4.69) is 20.9 Å². The molecule has 0 aliphatic carbocycles. The van der Waals surface area contributed by atoms with Crippen molar-refractivity contribution in [1.29, 1.82) is 0 Å². The molecule has 1 aromatic heterocycles. The fraction of sp³-hybridized carbons (Fsp3) is 0.0833. The van der Waals surface area contributed by atoms with E-state index in [1.807, 2.05) is 30.3 Å². The lowest BCUT2D eigenvalue weighted by atomic mass is 10.2. The average molecular weight is 331 g/mol. The van der Waals surface area contributed by atoms with Crippen LogP contribution < -0.4 is 0 Å². The number of ether oxygens (including phenoxy) is 1. The summed E-state index contributed by atoms with van der Waals surface area (Å²) >= 11 is 11.0. The van der Waals surface area contributed by atoms with Crippen LogP contribution >= 0.6 is 38.9 Å². The van der Waals surface area contributed by atoms with Gasteiger partial charge in [0.2, 0.25) is 0 Å². The predicted molar refractivity (Wildman–Crippen MR) is 76.1 cm³/mol. The maximum absolute atomic E-state index is 6.13. The summed E-state index contributed by atoms with van der Waals surface area (Å²) in [4.78, 5) is 5.13. The molecule has 0 fully saturated rings. The molecule has 2 nitrogen and oxygen atoms in total. The second-order valence-corrected chi connectivity index (χ2v) is 5.95. The zero-order chi connectivity index (χ0) is 12.3. The Morgan fingerprint density at radius 2 is 2.24 bits per heavy atom. The van der Waals surface area contributed by atoms with E-state index in [1.54, 1.807) is 13.3 Å². The summed E-state index contributed by atoms with van der Waals surface area (Å²) in [5, 5.41) is 0.671. The Balaban J connectivity index is 2.40. The Kier molecular flexibility index (Phi) is 4.20. The summed E-state index contributed by atoms with van der Waals surface area (Å²) < 4.78 is 6.22. The van der Waals surface area contributed by atoms with Crippen molar-refractivity contribution in [3.8, 4) is 0 Å². The van der Waals surface area contributed by atoms with Crippen LogP contribution in [0.15, 0.2) is 34.4 Å². The fourth-order valence-electron chi connectivity index (χ4n) is 1.37. The highest BCUT2D eigenvalue weighted by molar-refractivity contribution is 9.11. The van der Waals surface area contributed by atoms with E-state index in [4.69, 9.17) is 16.3 Å². The molecule has 0 atom stereocenters. The van der Waals surface area contributed by atoms with E-state index >= 15 is 0 Å². The molecule has 0 saturated heterocycles. The van der Waals surface area contributed by atoms with Crippen LogP contribution in [0.3, 0.4) is 0 Å². The molecule has 0 radical (unpaired) electrons. The van der Waals surface area contributed by atoms with Crippen molar-refractivity contribution in [2.45, 2.75) is 0 Å². The number of hydrogen-bond donors (Lipinski definition) is 0. The van der Waals surface area contributed by atoms with E-state index in [1.165, 1.54) is 11.3 Å². The first-order valence-corrected chi connectivity index (χ1v) is 6.81. The molecule has 2 aromatic rings. The Morgan fingerprint density at radius 3 is 2.82 bits per heavy atom. The molecule has 0 amide bonds. The van der Waals surface area contributed by atoms with Crippen molar-refractivity contribution in [3.63, 3.8) is 0 Å². The van der Waals surface area contributed by atoms with Gasteiger partial charge < -0.3 is 4.74 Å². The van der Waals surface area contributed by atoms with Gasteiger partial charge in [-0.15, -0.1) is 11.3 Å². The Labute approximate surface area is 117 Å². The minimum Gasteiger partial charge on any atom is -0.496 e. The standard InChI is InChI=1S/C12H9BrClNOS/c1-16-11(6-8-7-15-12(13)17-8)9-4-2-3-5-10(9)14/h2-7H,1H3/b11-6+. The first kappa shape index (κ1) is 12.6. The Hall–Kier alpha value is -0.840. The molecule has 0 saturated carbocycles. The van der Waals surface area contributed by atoms with Crippen LogP contribution in [0.1, 0.15) is 10.4 Å². The summed E-state index contributed by atoms with van der Waals surface area (Å²) in [5.41, 5.74) is 0.876. The SMILES string of the molecule is CO/C(=C/c1cnc(Br)s1)c1ccccc1Cl. The third kappa shape index (κ3) is 3.09. The van der Waals surface area contributed by atoms with E-state index in [-0.39, 0.29) is 0 Å². The van der Waals surface area contributed by atoms with E-state index in [0.29, 0.717) is 5.02 Å². The molecule has 0 bridgehead atoms. The second kappa shape index (κ2) is 5.67. The number of aromatic nitrogens is 1. The minimum atomic E-state index is 0.671. The van der Waals surface area contributed by atoms with Crippen LogP contribution in [0.5, 0.6) is 0 Å². The van der Waals surface area contributed by atoms with Gasteiger partial charge in [-0.1, -0.05) is 23.7 Å². The normalized spacial score (nSPS) is 11.6. The lowest BCUT2D eigenvalue weighted by Gasteiger charge is -2.07. The van der Waals surface area contributed by atoms with Crippen LogP contribution in [0.4, 0.5) is 0 Å². The quantitative estimate of drug-likeness (QED) is 0.761. The van der Waals surface area contributed by atoms with Crippen LogP contribution in [-0.2, 0) is 4.74 Å². The van der Waals surface area contributed by atoms with Gasteiger partial charge in [0.25, 0.3) is 0 Å². The van der Waals surface area contributed by atoms with Crippen molar-refractivity contribution >= 4 is 50.7 Å². The maximum atomic E-state index is 6.13. The molecule has 1 heterocycles. The average Bonchev–Trinajstić information content (AvgIpc) is 2.73. The highest BCUT2D eigenvalue weighted by atomic mass is 79.9. The van der Waals surface area contributed by atoms with Crippen molar-refractivity contribution in [2.75, 3.05) is 7.11 Å². The maximum Gasteiger partial charge on any atom is 0.159 e. The summed E-state index contributed by atoms with van der Waals surface area (Å²) in [7, 11) is 1.63. The van der Waals surface area contributed by atoms with Crippen LogP contribution in [-0.4, -0.2) is 12.1 Å². The number of rotatable bonds is 3. The monoisotopic (exact) mass is 329 g/mol. The van der Waals surface area contributed by atoms with Crippen LogP contribution in [0, 0.1) is 0 Å². The van der Waals surface area contributed by atoms with Gasteiger partial charge in [-0.25, -0.2) is 4.98 Å². The number of benzene rings is 1. The van der Waals surface area contributed by atoms with Gasteiger partial charge in [0.15, 0.2) is 3.92 Å². The van der Waals surface area contributed by atoms with Gasteiger partial charge in [0, 0.05) is 11.8 Å². The second-order valence-electron chi connectivity index (χ2n) is 3.21. The summed E-state index contributed by atoms with van der Waals surface area (Å²) in [5.74, 6) is 0.728. The Bertz CT molecular complexity index is 553. The van der Waals surface area contributed by atoms with Gasteiger partial charge in [-0.3, -0.25) is 0 Å². The molecular weight excluding hydrogens is 322 g/mol. The highest BCUT2D eigenvalue weighted by Crippen LogP contribution is 2.28. The highest BCUT2D eigenvalue weighted by Gasteiger charge is 2.07. The number of halogens is 2. The van der Waals surface area contributed by atoms with Gasteiger partial charge in [-0.05, 0) is 34.1 Å². The van der Waals surface area contributed by atoms with Crippen molar-refractivity contribution < 1.29 is 4.74 Å². The summed E-state index contributed by atoms with van der Waals surface area (Å²) in [6.07, 6.45) is 3.70. The van der Waals surface area contributed by atoms with Crippen LogP contribution in [0.2, 0.25) is 5.02 Å². The van der Waals surface area contributed by atoms with Crippen molar-refractivity contribution in [2.24, 2.45) is 0 Å². The number of methoxy groups -OCH3 is 1. The third-order valence-corrected chi connectivity index (χ3v) is 3.88. The molecule has 5 heteroatoms. The number of nitrogens with zero attached hydrogens (tertiary/aromatic N) is 1. The molecule has 17 heavy (non-hydrogen) atoms. The molecular formula is C12H9BrClNOS. The largest absolute Gasteiger partial charge is 0.496 e. The first-order valence-electron chi connectivity index (χ1n) is 4.82. The molecule has 0 aliphatic heterocycles.